The summed E-state index contributed by atoms with van der Waals surface area (Å²) in [5.74, 6) is -1.04. The molecule has 3 N–H and O–H groups in total. The van der Waals surface area contributed by atoms with Crippen LogP contribution in [-0.4, -0.2) is 16.1 Å². The van der Waals surface area contributed by atoms with Gasteiger partial charge in [-0.1, -0.05) is 12.1 Å². The van der Waals surface area contributed by atoms with E-state index in [4.69, 9.17) is 10.8 Å². The van der Waals surface area contributed by atoms with Gasteiger partial charge in [0.15, 0.2) is 0 Å². The van der Waals surface area contributed by atoms with Gasteiger partial charge in [-0.25, -0.2) is 9.78 Å². The summed E-state index contributed by atoms with van der Waals surface area (Å²) in [5, 5.41) is 8.70. The zero-order chi connectivity index (χ0) is 10.6. The monoisotopic (exact) mass is 192 g/mol. The van der Waals surface area contributed by atoms with E-state index in [-0.39, 0.29) is 11.7 Å². The molecule has 14 heavy (non-hydrogen) atoms. The lowest BCUT2D eigenvalue weighted by molar-refractivity contribution is 0.0690. The van der Waals surface area contributed by atoms with Crippen molar-refractivity contribution in [3.8, 4) is 0 Å². The number of carboxylic acids is 1. The molecule has 0 aliphatic heterocycles. The first-order valence-electron chi connectivity index (χ1n) is 4.22. The number of aromatic carboxylic acids is 1. The fourth-order valence-corrected chi connectivity index (χ4v) is 1.08. The number of pyridine rings is 1. The van der Waals surface area contributed by atoms with Crippen molar-refractivity contribution in [2.24, 2.45) is 5.73 Å². The topological polar surface area (TPSA) is 76.2 Å². The van der Waals surface area contributed by atoms with Gasteiger partial charge in [0.1, 0.15) is 5.69 Å². The third kappa shape index (κ3) is 2.40. The molecule has 1 heterocycles. The molecule has 0 spiro atoms. The van der Waals surface area contributed by atoms with Gasteiger partial charge >= 0.3 is 5.97 Å². The van der Waals surface area contributed by atoms with Crippen molar-refractivity contribution in [3.05, 3.63) is 42.2 Å². The first kappa shape index (κ1) is 10.4. The second-order valence-corrected chi connectivity index (χ2v) is 2.88. The van der Waals surface area contributed by atoms with Crippen LogP contribution < -0.4 is 5.73 Å². The van der Waals surface area contributed by atoms with Crippen LogP contribution in [0.5, 0.6) is 0 Å². The third-order valence-corrected chi connectivity index (χ3v) is 1.79. The van der Waals surface area contributed by atoms with E-state index in [1.165, 1.54) is 6.07 Å². The van der Waals surface area contributed by atoms with Crippen LogP contribution in [0.2, 0.25) is 0 Å². The zero-order valence-corrected chi connectivity index (χ0v) is 7.68. The van der Waals surface area contributed by atoms with E-state index >= 15 is 0 Å². The van der Waals surface area contributed by atoms with Gasteiger partial charge in [-0.05, 0) is 18.6 Å². The lowest BCUT2D eigenvalue weighted by Crippen LogP contribution is -2.13. The number of nitrogens with two attached hydrogens (primary N) is 1. The van der Waals surface area contributed by atoms with Crippen molar-refractivity contribution in [2.45, 2.75) is 12.5 Å². The Hall–Kier alpha value is -1.68. The Morgan fingerprint density at radius 2 is 2.43 bits per heavy atom. The summed E-state index contributed by atoms with van der Waals surface area (Å²) >= 11 is 0. The summed E-state index contributed by atoms with van der Waals surface area (Å²) in [6.07, 6.45) is 2.26. The molecule has 0 bridgehead atoms. The van der Waals surface area contributed by atoms with Crippen LogP contribution in [0.15, 0.2) is 30.9 Å². The van der Waals surface area contributed by atoms with Crippen molar-refractivity contribution in [1.29, 1.82) is 0 Å². The minimum atomic E-state index is -1.04. The maximum absolute atomic E-state index is 10.6. The highest BCUT2D eigenvalue weighted by atomic mass is 16.4. The second kappa shape index (κ2) is 4.53. The highest BCUT2D eigenvalue weighted by Crippen LogP contribution is 2.11. The predicted molar refractivity (Wildman–Crippen MR) is 52.9 cm³/mol. The fourth-order valence-electron chi connectivity index (χ4n) is 1.08. The predicted octanol–water partition coefficient (Wildman–Crippen LogP) is 1.36. The van der Waals surface area contributed by atoms with Crippen LogP contribution in [-0.2, 0) is 0 Å². The Morgan fingerprint density at radius 3 is 3.00 bits per heavy atom. The number of carbonyl (C=O) groups is 1. The molecule has 0 aliphatic rings. The van der Waals surface area contributed by atoms with E-state index < -0.39 is 5.97 Å². The Morgan fingerprint density at radius 1 is 1.71 bits per heavy atom. The zero-order valence-electron chi connectivity index (χ0n) is 7.68. The lowest BCUT2D eigenvalue weighted by Gasteiger charge is -2.08. The van der Waals surface area contributed by atoms with Crippen LogP contribution >= 0.6 is 0 Å². The van der Waals surface area contributed by atoms with Gasteiger partial charge in [0.2, 0.25) is 0 Å². The third-order valence-electron chi connectivity index (χ3n) is 1.79. The van der Waals surface area contributed by atoms with Gasteiger partial charge in [0.25, 0.3) is 0 Å². The summed E-state index contributed by atoms with van der Waals surface area (Å²) in [6.45, 7) is 3.56. The van der Waals surface area contributed by atoms with Crippen molar-refractivity contribution in [2.75, 3.05) is 0 Å². The summed E-state index contributed by atoms with van der Waals surface area (Å²) in [5.41, 5.74) is 6.34. The molecule has 4 nitrogen and oxygen atoms in total. The van der Waals surface area contributed by atoms with E-state index in [1.807, 2.05) is 0 Å². The van der Waals surface area contributed by atoms with Gasteiger partial charge in [-0.2, -0.15) is 0 Å². The molecule has 0 aliphatic carbocycles. The molecular formula is C10H12N2O2. The van der Waals surface area contributed by atoms with Gasteiger partial charge < -0.3 is 10.8 Å². The summed E-state index contributed by atoms with van der Waals surface area (Å²) in [6, 6.07) is 4.49. The van der Waals surface area contributed by atoms with Gasteiger partial charge in [0, 0.05) is 0 Å². The van der Waals surface area contributed by atoms with Crippen LogP contribution in [0, 0.1) is 0 Å². The van der Waals surface area contributed by atoms with Crippen LogP contribution in [0.25, 0.3) is 0 Å². The van der Waals surface area contributed by atoms with Crippen LogP contribution in [0.4, 0.5) is 0 Å². The molecule has 0 saturated heterocycles. The Labute approximate surface area is 82.1 Å². The van der Waals surface area contributed by atoms with Crippen molar-refractivity contribution < 1.29 is 9.90 Å². The number of rotatable bonds is 4. The van der Waals surface area contributed by atoms with E-state index in [0.29, 0.717) is 12.1 Å². The molecule has 0 aromatic carbocycles. The van der Waals surface area contributed by atoms with Gasteiger partial charge in [0.05, 0.1) is 11.7 Å². The molecule has 0 amide bonds. The van der Waals surface area contributed by atoms with E-state index in [0.717, 1.165) is 0 Å². The van der Waals surface area contributed by atoms with E-state index in [2.05, 4.69) is 11.6 Å². The quantitative estimate of drug-likeness (QED) is 0.706. The average Bonchev–Trinajstić information content (AvgIpc) is 2.18. The number of aromatic nitrogens is 1. The maximum Gasteiger partial charge on any atom is 0.354 e. The number of hydrogen-bond donors (Lipinski definition) is 2. The van der Waals surface area contributed by atoms with Crippen molar-refractivity contribution in [3.63, 3.8) is 0 Å². The molecule has 0 saturated carbocycles. The molecule has 1 aromatic rings. The maximum atomic E-state index is 10.6. The Kier molecular flexibility index (Phi) is 3.36. The molecule has 0 radical (unpaired) electrons. The largest absolute Gasteiger partial charge is 0.477 e. The van der Waals surface area contributed by atoms with Crippen LogP contribution in [0.1, 0.15) is 28.6 Å². The Balaban J connectivity index is 2.93. The number of carboxylic acid groups (broad SMARTS) is 1. The normalized spacial score (nSPS) is 12.1. The molecule has 1 atom stereocenters. The number of hydrogen-bond acceptors (Lipinski definition) is 3. The minimum Gasteiger partial charge on any atom is -0.477 e. The minimum absolute atomic E-state index is 0.0158. The Bertz CT molecular complexity index is 350. The molecule has 0 unspecified atom stereocenters. The van der Waals surface area contributed by atoms with Crippen LogP contribution in [0.3, 0.4) is 0 Å². The SMILES string of the molecule is C=CC[C@@H](N)c1cccc(C(=O)O)n1. The van der Waals surface area contributed by atoms with E-state index in [9.17, 15) is 4.79 Å². The summed E-state index contributed by atoms with van der Waals surface area (Å²) < 4.78 is 0. The van der Waals surface area contributed by atoms with Crippen molar-refractivity contribution in [1.82, 2.24) is 4.98 Å². The molecule has 74 valence electrons. The first-order valence-corrected chi connectivity index (χ1v) is 4.22. The molecule has 1 aromatic heterocycles. The smallest absolute Gasteiger partial charge is 0.354 e. The second-order valence-electron chi connectivity index (χ2n) is 2.88. The highest BCUT2D eigenvalue weighted by molar-refractivity contribution is 5.85. The summed E-state index contributed by atoms with van der Waals surface area (Å²) in [7, 11) is 0. The first-order chi connectivity index (χ1) is 6.65. The highest BCUT2D eigenvalue weighted by Gasteiger charge is 2.09. The molecule has 1 rings (SSSR count). The molecule has 4 heteroatoms. The lowest BCUT2D eigenvalue weighted by atomic mass is 10.1. The van der Waals surface area contributed by atoms with Gasteiger partial charge in [-0.3, -0.25) is 0 Å². The van der Waals surface area contributed by atoms with Crippen molar-refractivity contribution >= 4 is 5.97 Å². The molecular weight excluding hydrogens is 180 g/mol. The average molecular weight is 192 g/mol. The summed E-state index contributed by atoms with van der Waals surface area (Å²) in [4.78, 5) is 14.5. The van der Waals surface area contributed by atoms with E-state index in [1.54, 1.807) is 18.2 Å². The molecule has 0 fully saturated rings. The number of nitrogens with zero attached hydrogens (tertiary/aromatic N) is 1. The fraction of sp³-hybridized carbons (Fsp3) is 0.200. The van der Waals surface area contributed by atoms with Gasteiger partial charge in [-0.15, -0.1) is 6.58 Å². The standard InChI is InChI=1S/C10H12N2O2/c1-2-4-7(11)8-5-3-6-9(12-8)10(13)14/h2-3,5-7H,1,4,11H2,(H,13,14)/t7-/m1/s1.